The largest absolute Gasteiger partial charge is 0.351 e. The number of likely N-dealkylation sites (N-methyl/N-ethyl adjacent to an activating group) is 1. The molecule has 3 amide bonds. The Morgan fingerprint density at radius 1 is 1.22 bits per heavy atom. The van der Waals surface area contributed by atoms with Crippen LogP contribution in [0.3, 0.4) is 0 Å². The maximum absolute atomic E-state index is 12.9. The van der Waals surface area contributed by atoms with Gasteiger partial charge in [-0.2, -0.15) is 5.10 Å². The second-order valence-corrected chi connectivity index (χ2v) is 10.8. The number of amides is 3. The molecule has 2 heterocycles. The zero-order chi connectivity index (χ0) is 22.3. The molecule has 32 heavy (non-hydrogen) atoms. The average Bonchev–Trinajstić information content (AvgIpc) is 3.20. The lowest BCUT2D eigenvalue weighted by molar-refractivity contribution is -0.124. The molecule has 5 fully saturated rings. The van der Waals surface area contributed by atoms with Gasteiger partial charge in [0.15, 0.2) is 5.82 Å². The van der Waals surface area contributed by atoms with Crippen molar-refractivity contribution in [3.05, 3.63) is 18.3 Å². The van der Waals surface area contributed by atoms with Crippen LogP contribution in [0.5, 0.6) is 0 Å². The molecule has 0 radical (unpaired) electrons. The molecule has 5 aliphatic rings. The summed E-state index contributed by atoms with van der Waals surface area (Å²) in [6.07, 6.45) is 11.1. The normalized spacial score (nSPS) is 34.0. The van der Waals surface area contributed by atoms with Gasteiger partial charge in [-0.3, -0.25) is 15.0 Å². The van der Waals surface area contributed by atoms with Gasteiger partial charge in [-0.05, 0) is 95.2 Å². The minimum atomic E-state index is -0.388. The van der Waals surface area contributed by atoms with E-state index in [0.29, 0.717) is 0 Å². The summed E-state index contributed by atoms with van der Waals surface area (Å²) in [7, 11) is 1.95. The second kappa shape index (κ2) is 8.61. The molecule has 8 heteroatoms. The number of nitrogens with one attached hydrogen (secondary N) is 2. The number of nitrogens with zero attached hydrogens (tertiary/aromatic N) is 4. The molecule has 174 valence electrons. The summed E-state index contributed by atoms with van der Waals surface area (Å²) in [5, 5.41) is 14.1. The van der Waals surface area contributed by atoms with Gasteiger partial charge in [0.1, 0.15) is 0 Å². The highest BCUT2D eigenvalue weighted by molar-refractivity contribution is 5.97. The molecule has 2 N–H and O–H groups in total. The van der Waals surface area contributed by atoms with Crippen molar-refractivity contribution in [3.63, 3.8) is 0 Å². The van der Waals surface area contributed by atoms with E-state index in [1.165, 1.54) is 19.3 Å². The maximum atomic E-state index is 12.9. The Hall–Kier alpha value is -2.22. The molecule has 4 saturated carbocycles. The Kier molecular flexibility index (Phi) is 5.82. The first-order chi connectivity index (χ1) is 15.4. The lowest BCUT2D eigenvalue weighted by Crippen LogP contribution is -2.62. The number of hydrogen-bond donors (Lipinski definition) is 2. The summed E-state index contributed by atoms with van der Waals surface area (Å²) in [4.78, 5) is 29.9. The van der Waals surface area contributed by atoms with Crippen molar-refractivity contribution >= 4 is 17.8 Å². The summed E-state index contributed by atoms with van der Waals surface area (Å²) >= 11 is 0. The van der Waals surface area contributed by atoms with E-state index in [4.69, 9.17) is 0 Å². The van der Waals surface area contributed by atoms with Crippen molar-refractivity contribution < 1.29 is 9.59 Å². The van der Waals surface area contributed by atoms with Crippen LogP contribution in [-0.4, -0.2) is 64.8 Å². The van der Waals surface area contributed by atoms with Crippen LogP contribution in [0.2, 0.25) is 0 Å². The van der Waals surface area contributed by atoms with E-state index in [2.05, 4.69) is 25.7 Å². The second-order valence-electron chi connectivity index (χ2n) is 10.8. The first kappa shape index (κ1) is 21.6. The first-order valence-electron chi connectivity index (χ1n) is 12.3. The Labute approximate surface area is 190 Å². The number of urea groups is 1. The molecule has 1 aromatic heterocycles. The number of carbonyl (C=O) groups is 2. The zero-order valence-electron chi connectivity index (χ0n) is 19.3. The number of rotatable bonds is 6. The molecule has 1 saturated heterocycles. The predicted octanol–water partition coefficient (Wildman–Crippen LogP) is 2.56. The van der Waals surface area contributed by atoms with Gasteiger partial charge in [0.25, 0.3) is 0 Å². The molecule has 0 spiro atoms. The SMILES string of the molecule is CC(C(=O)NC(=O)NC12CC3CC(CC(C3)C1)C2)N(C)CC1CCCN1c1cccnn1. The van der Waals surface area contributed by atoms with Crippen molar-refractivity contribution in [2.75, 3.05) is 25.0 Å². The van der Waals surface area contributed by atoms with E-state index in [0.717, 1.165) is 68.8 Å². The number of imide groups is 1. The third kappa shape index (κ3) is 4.34. The summed E-state index contributed by atoms with van der Waals surface area (Å²) in [5.41, 5.74) is -0.0880. The zero-order valence-corrected chi connectivity index (χ0v) is 19.3. The summed E-state index contributed by atoms with van der Waals surface area (Å²) in [5.74, 6) is 2.91. The van der Waals surface area contributed by atoms with E-state index in [-0.39, 0.29) is 29.6 Å². The quantitative estimate of drug-likeness (QED) is 0.707. The molecule has 2 atom stereocenters. The highest BCUT2D eigenvalue weighted by atomic mass is 16.2. The lowest BCUT2D eigenvalue weighted by atomic mass is 9.53. The third-order valence-electron chi connectivity index (χ3n) is 8.42. The lowest BCUT2D eigenvalue weighted by Gasteiger charge is -2.56. The van der Waals surface area contributed by atoms with Gasteiger partial charge in [0.2, 0.25) is 5.91 Å². The van der Waals surface area contributed by atoms with Crippen molar-refractivity contribution in [3.8, 4) is 0 Å². The monoisotopic (exact) mass is 440 g/mol. The molecule has 1 aromatic rings. The van der Waals surface area contributed by atoms with Gasteiger partial charge in [0.05, 0.1) is 6.04 Å². The van der Waals surface area contributed by atoms with E-state index >= 15 is 0 Å². The van der Waals surface area contributed by atoms with Crippen LogP contribution in [0.25, 0.3) is 0 Å². The number of carbonyl (C=O) groups excluding carboxylic acids is 2. The average molecular weight is 441 g/mol. The third-order valence-corrected chi connectivity index (χ3v) is 8.42. The van der Waals surface area contributed by atoms with E-state index < -0.39 is 0 Å². The summed E-state index contributed by atoms with van der Waals surface area (Å²) < 4.78 is 0. The van der Waals surface area contributed by atoms with Gasteiger partial charge in [-0.25, -0.2) is 4.79 Å². The van der Waals surface area contributed by atoms with Crippen LogP contribution in [0.4, 0.5) is 10.6 Å². The van der Waals surface area contributed by atoms with Crippen LogP contribution in [-0.2, 0) is 4.79 Å². The molecular weight excluding hydrogens is 404 g/mol. The number of hydrogen-bond acceptors (Lipinski definition) is 6. The summed E-state index contributed by atoms with van der Waals surface area (Å²) in [6, 6.07) is 3.46. The molecule has 6 rings (SSSR count). The predicted molar refractivity (Wildman–Crippen MR) is 122 cm³/mol. The van der Waals surface area contributed by atoms with Crippen LogP contribution < -0.4 is 15.5 Å². The Morgan fingerprint density at radius 3 is 2.53 bits per heavy atom. The molecule has 1 aliphatic heterocycles. The molecule has 8 nitrogen and oxygen atoms in total. The van der Waals surface area contributed by atoms with Crippen LogP contribution in [0.1, 0.15) is 58.3 Å². The van der Waals surface area contributed by atoms with Gasteiger partial charge < -0.3 is 10.2 Å². The highest BCUT2D eigenvalue weighted by Gasteiger charge is 2.51. The molecule has 4 aliphatic carbocycles. The van der Waals surface area contributed by atoms with Gasteiger partial charge in [0, 0.05) is 30.9 Å². The van der Waals surface area contributed by atoms with Gasteiger partial charge in [-0.15, -0.1) is 5.10 Å². The molecular formula is C24H36N6O2. The van der Waals surface area contributed by atoms with Crippen LogP contribution in [0, 0.1) is 17.8 Å². The maximum Gasteiger partial charge on any atom is 0.321 e. The van der Waals surface area contributed by atoms with Crippen molar-refractivity contribution in [2.45, 2.75) is 75.9 Å². The standard InChI is InChI=1S/C24H36N6O2/c1-16(29(2)15-20-5-4-8-30(20)21-6-3-7-25-28-21)22(31)26-23(32)27-24-12-17-9-18(13-24)11-19(10-17)14-24/h3,6-7,16-20H,4-5,8-15H2,1-2H3,(H2,26,27,31,32). The van der Waals surface area contributed by atoms with Crippen LogP contribution in [0.15, 0.2) is 18.3 Å². The van der Waals surface area contributed by atoms with Gasteiger partial charge >= 0.3 is 6.03 Å². The van der Waals surface area contributed by atoms with Crippen molar-refractivity contribution in [1.29, 1.82) is 0 Å². The van der Waals surface area contributed by atoms with E-state index in [1.807, 2.05) is 31.0 Å². The fourth-order valence-corrected chi connectivity index (χ4v) is 7.22. The fraction of sp³-hybridized carbons (Fsp3) is 0.750. The smallest absolute Gasteiger partial charge is 0.321 e. The highest BCUT2D eigenvalue weighted by Crippen LogP contribution is 2.55. The summed E-state index contributed by atoms with van der Waals surface area (Å²) in [6.45, 7) is 3.56. The Balaban J connectivity index is 1.14. The van der Waals surface area contributed by atoms with Crippen LogP contribution >= 0.6 is 0 Å². The minimum absolute atomic E-state index is 0.0880. The van der Waals surface area contributed by atoms with E-state index in [9.17, 15) is 9.59 Å². The minimum Gasteiger partial charge on any atom is -0.351 e. The fourth-order valence-electron chi connectivity index (χ4n) is 7.22. The Bertz CT molecular complexity index is 811. The molecule has 4 bridgehead atoms. The first-order valence-corrected chi connectivity index (χ1v) is 12.3. The van der Waals surface area contributed by atoms with Crippen molar-refractivity contribution in [1.82, 2.24) is 25.7 Å². The molecule has 2 unspecified atom stereocenters. The Morgan fingerprint density at radius 2 is 1.91 bits per heavy atom. The number of anilines is 1. The topological polar surface area (TPSA) is 90.5 Å². The van der Waals surface area contributed by atoms with Gasteiger partial charge in [-0.1, -0.05) is 0 Å². The van der Waals surface area contributed by atoms with Crippen molar-refractivity contribution in [2.24, 2.45) is 17.8 Å². The van der Waals surface area contributed by atoms with E-state index in [1.54, 1.807) is 6.20 Å². The molecule has 0 aromatic carbocycles. The number of aromatic nitrogens is 2.